The van der Waals surface area contributed by atoms with Crippen LogP contribution in [0.1, 0.15) is 32.4 Å². The molecule has 0 saturated heterocycles. The number of nitrogens with one attached hydrogen (secondary N) is 1. The van der Waals surface area contributed by atoms with E-state index in [1.165, 1.54) is 16.3 Å². The second kappa shape index (κ2) is 5.33. The summed E-state index contributed by atoms with van der Waals surface area (Å²) in [5, 5.41) is 6.21. The second-order valence-electron chi connectivity index (χ2n) is 4.89. The van der Waals surface area contributed by atoms with Gasteiger partial charge in [0.25, 0.3) is 0 Å². The van der Waals surface area contributed by atoms with Gasteiger partial charge in [-0.15, -0.1) is 0 Å². The lowest BCUT2D eigenvalue weighted by Gasteiger charge is -2.22. The van der Waals surface area contributed by atoms with E-state index in [1.807, 2.05) is 0 Å². The summed E-state index contributed by atoms with van der Waals surface area (Å²) in [4.78, 5) is 0. The molecule has 0 saturated carbocycles. The molecule has 2 aromatic carbocycles. The van der Waals surface area contributed by atoms with Crippen LogP contribution in [-0.2, 0) is 0 Å². The van der Waals surface area contributed by atoms with E-state index in [-0.39, 0.29) is 0 Å². The van der Waals surface area contributed by atoms with E-state index in [4.69, 9.17) is 0 Å². The molecule has 0 fully saturated rings. The second-order valence-corrected chi connectivity index (χ2v) is 4.89. The predicted octanol–water partition coefficient (Wildman–Crippen LogP) is 4.15. The summed E-state index contributed by atoms with van der Waals surface area (Å²) < 4.78 is 0. The molecular weight excluding hydrogens is 206 g/mol. The van der Waals surface area contributed by atoms with Crippen LogP contribution in [0.2, 0.25) is 0 Å². The van der Waals surface area contributed by atoms with E-state index in [9.17, 15) is 0 Å². The van der Waals surface area contributed by atoms with Gasteiger partial charge in [0.1, 0.15) is 0 Å². The van der Waals surface area contributed by atoms with Crippen LogP contribution in [0.3, 0.4) is 0 Å². The van der Waals surface area contributed by atoms with Gasteiger partial charge < -0.3 is 5.32 Å². The molecule has 0 aliphatic rings. The zero-order valence-corrected chi connectivity index (χ0v) is 10.9. The van der Waals surface area contributed by atoms with Crippen molar-refractivity contribution in [1.29, 1.82) is 0 Å². The van der Waals surface area contributed by atoms with E-state index in [0.717, 1.165) is 6.54 Å². The molecular formula is C16H21N. The quantitative estimate of drug-likeness (QED) is 0.827. The SMILES string of the molecule is CCNC(c1ccc2ccccc2c1)C(C)C. The van der Waals surface area contributed by atoms with Gasteiger partial charge in [0.2, 0.25) is 0 Å². The Kier molecular flexibility index (Phi) is 3.80. The number of hydrogen-bond donors (Lipinski definition) is 1. The Labute approximate surface area is 104 Å². The number of rotatable bonds is 4. The van der Waals surface area contributed by atoms with Crippen molar-refractivity contribution in [2.75, 3.05) is 6.54 Å². The zero-order valence-electron chi connectivity index (χ0n) is 10.9. The van der Waals surface area contributed by atoms with Crippen molar-refractivity contribution < 1.29 is 0 Å². The van der Waals surface area contributed by atoms with E-state index < -0.39 is 0 Å². The summed E-state index contributed by atoms with van der Waals surface area (Å²) in [6, 6.07) is 15.8. The Hall–Kier alpha value is -1.34. The molecule has 0 spiro atoms. The van der Waals surface area contributed by atoms with Crippen LogP contribution >= 0.6 is 0 Å². The summed E-state index contributed by atoms with van der Waals surface area (Å²) in [6.07, 6.45) is 0. The van der Waals surface area contributed by atoms with E-state index in [2.05, 4.69) is 68.6 Å². The van der Waals surface area contributed by atoms with Crippen molar-refractivity contribution >= 4 is 10.8 Å². The molecule has 0 bridgehead atoms. The summed E-state index contributed by atoms with van der Waals surface area (Å²) in [7, 11) is 0. The highest BCUT2D eigenvalue weighted by Crippen LogP contribution is 2.25. The molecule has 90 valence electrons. The Morgan fingerprint density at radius 2 is 1.71 bits per heavy atom. The van der Waals surface area contributed by atoms with Crippen LogP contribution in [-0.4, -0.2) is 6.54 Å². The topological polar surface area (TPSA) is 12.0 Å². The molecule has 0 aliphatic heterocycles. The molecule has 1 heteroatoms. The molecule has 2 aromatic rings. The lowest BCUT2D eigenvalue weighted by atomic mass is 9.94. The molecule has 2 rings (SSSR count). The normalized spacial score (nSPS) is 13.2. The van der Waals surface area contributed by atoms with Crippen LogP contribution in [0.25, 0.3) is 10.8 Å². The Balaban J connectivity index is 2.40. The summed E-state index contributed by atoms with van der Waals surface area (Å²) in [6.45, 7) is 7.71. The van der Waals surface area contributed by atoms with Gasteiger partial charge in [-0.2, -0.15) is 0 Å². The van der Waals surface area contributed by atoms with Gasteiger partial charge >= 0.3 is 0 Å². The van der Waals surface area contributed by atoms with Gasteiger partial charge in [-0.25, -0.2) is 0 Å². The van der Waals surface area contributed by atoms with Crippen molar-refractivity contribution in [3.05, 3.63) is 48.0 Å². The van der Waals surface area contributed by atoms with Gasteiger partial charge in [-0.3, -0.25) is 0 Å². The number of fused-ring (bicyclic) bond motifs is 1. The maximum atomic E-state index is 3.56. The molecule has 17 heavy (non-hydrogen) atoms. The van der Waals surface area contributed by atoms with Crippen LogP contribution in [0.15, 0.2) is 42.5 Å². The average Bonchev–Trinajstić information content (AvgIpc) is 2.35. The summed E-state index contributed by atoms with van der Waals surface area (Å²) in [5.41, 5.74) is 1.39. The maximum Gasteiger partial charge on any atom is 0.0343 e. The van der Waals surface area contributed by atoms with Gasteiger partial charge in [0, 0.05) is 6.04 Å². The first-order chi connectivity index (χ1) is 8.22. The monoisotopic (exact) mass is 227 g/mol. The zero-order chi connectivity index (χ0) is 12.3. The third-order valence-corrected chi connectivity index (χ3v) is 3.22. The summed E-state index contributed by atoms with van der Waals surface area (Å²) >= 11 is 0. The molecule has 0 radical (unpaired) electrons. The molecule has 0 aromatic heterocycles. The average molecular weight is 227 g/mol. The first-order valence-corrected chi connectivity index (χ1v) is 6.44. The minimum Gasteiger partial charge on any atom is -0.310 e. The number of hydrogen-bond acceptors (Lipinski definition) is 1. The highest BCUT2D eigenvalue weighted by Gasteiger charge is 2.14. The van der Waals surface area contributed by atoms with Crippen LogP contribution in [0, 0.1) is 5.92 Å². The van der Waals surface area contributed by atoms with Crippen molar-refractivity contribution in [1.82, 2.24) is 5.32 Å². The maximum absolute atomic E-state index is 3.56. The van der Waals surface area contributed by atoms with E-state index in [0.29, 0.717) is 12.0 Å². The van der Waals surface area contributed by atoms with Gasteiger partial charge in [0.05, 0.1) is 0 Å². The number of benzene rings is 2. The molecule has 1 N–H and O–H groups in total. The lowest BCUT2D eigenvalue weighted by Crippen LogP contribution is -2.25. The predicted molar refractivity (Wildman–Crippen MR) is 75.2 cm³/mol. The molecule has 0 amide bonds. The van der Waals surface area contributed by atoms with Gasteiger partial charge in [-0.1, -0.05) is 57.2 Å². The standard InChI is InChI=1S/C16H21N/c1-4-17-16(12(2)3)15-10-9-13-7-5-6-8-14(13)11-15/h5-12,16-17H,4H2,1-3H3. The minimum atomic E-state index is 0.449. The minimum absolute atomic E-state index is 0.449. The fourth-order valence-corrected chi connectivity index (χ4v) is 2.36. The van der Waals surface area contributed by atoms with Gasteiger partial charge in [0.15, 0.2) is 0 Å². The first-order valence-electron chi connectivity index (χ1n) is 6.44. The van der Waals surface area contributed by atoms with Crippen LogP contribution in [0.5, 0.6) is 0 Å². The lowest BCUT2D eigenvalue weighted by molar-refractivity contribution is 0.422. The third kappa shape index (κ3) is 2.67. The van der Waals surface area contributed by atoms with E-state index >= 15 is 0 Å². The highest BCUT2D eigenvalue weighted by atomic mass is 14.9. The van der Waals surface area contributed by atoms with Crippen LogP contribution in [0.4, 0.5) is 0 Å². The highest BCUT2D eigenvalue weighted by molar-refractivity contribution is 5.83. The molecule has 0 aliphatic carbocycles. The van der Waals surface area contributed by atoms with Crippen LogP contribution < -0.4 is 5.32 Å². The fraction of sp³-hybridized carbons (Fsp3) is 0.375. The molecule has 1 atom stereocenters. The molecule has 1 unspecified atom stereocenters. The Bertz CT molecular complexity index is 488. The smallest absolute Gasteiger partial charge is 0.0343 e. The van der Waals surface area contributed by atoms with Crippen molar-refractivity contribution in [3.8, 4) is 0 Å². The first kappa shape index (κ1) is 12.1. The Morgan fingerprint density at radius 1 is 1.00 bits per heavy atom. The van der Waals surface area contributed by atoms with E-state index in [1.54, 1.807) is 0 Å². The molecule has 1 nitrogen and oxygen atoms in total. The van der Waals surface area contributed by atoms with Crippen molar-refractivity contribution in [3.63, 3.8) is 0 Å². The van der Waals surface area contributed by atoms with Crippen molar-refractivity contribution in [2.24, 2.45) is 5.92 Å². The molecule has 0 heterocycles. The third-order valence-electron chi connectivity index (χ3n) is 3.22. The Morgan fingerprint density at radius 3 is 2.35 bits per heavy atom. The largest absolute Gasteiger partial charge is 0.310 e. The van der Waals surface area contributed by atoms with Gasteiger partial charge in [-0.05, 0) is 34.9 Å². The summed E-state index contributed by atoms with van der Waals surface area (Å²) in [5.74, 6) is 0.608. The van der Waals surface area contributed by atoms with Crippen molar-refractivity contribution in [2.45, 2.75) is 26.8 Å². The fourth-order valence-electron chi connectivity index (χ4n) is 2.36.